The van der Waals surface area contributed by atoms with E-state index in [-0.39, 0.29) is 0 Å². The molecule has 0 radical (unpaired) electrons. The molecule has 2 rings (SSSR count). The minimum atomic E-state index is 0.513. The molecule has 0 saturated heterocycles. The van der Waals surface area contributed by atoms with Crippen LogP contribution in [0.4, 0.5) is 0 Å². The molecular weight excluding hydrogens is 248 g/mol. The van der Waals surface area contributed by atoms with Gasteiger partial charge in [-0.05, 0) is 23.4 Å². The monoisotopic (exact) mass is 264 g/mol. The molecule has 0 spiro atoms. The minimum Gasteiger partial charge on any atom is -0.468 e. The summed E-state index contributed by atoms with van der Waals surface area (Å²) in [6.45, 7) is 0. The molecule has 1 aromatic heterocycles. The number of thiol groups is 1. The third kappa shape index (κ3) is 3.86. The lowest BCUT2D eigenvalue weighted by molar-refractivity contribution is 0.530. The van der Waals surface area contributed by atoms with Crippen LogP contribution in [0.5, 0.6) is 0 Å². The Morgan fingerprint density at radius 2 is 1.94 bits per heavy atom. The Morgan fingerprint density at radius 1 is 1.12 bits per heavy atom. The number of thioether (sulfide) groups is 1. The molecule has 0 saturated carbocycles. The van der Waals surface area contributed by atoms with Crippen molar-refractivity contribution in [2.24, 2.45) is 0 Å². The van der Waals surface area contributed by atoms with Crippen LogP contribution in [0.1, 0.15) is 17.2 Å². The van der Waals surface area contributed by atoms with Gasteiger partial charge in [-0.3, -0.25) is 0 Å². The van der Waals surface area contributed by atoms with Gasteiger partial charge in [0.15, 0.2) is 0 Å². The summed E-state index contributed by atoms with van der Waals surface area (Å²) in [6.07, 6.45) is 1.73. The number of rotatable bonds is 6. The minimum absolute atomic E-state index is 0.513. The largest absolute Gasteiger partial charge is 0.468 e. The number of hydrogen-bond acceptors (Lipinski definition) is 3. The molecule has 1 atom stereocenters. The fraction of sp³-hybridized carbons (Fsp3) is 0.286. The molecular formula is C14H16OS2. The Kier molecular flexibility index (Phi) is 5.08. The van der Waals surface area contributed by atoms with Gasteiger partial charge in [0.25, 0.3) is 0 Å². The maximum Gasteiger partial charge on any atom is 0.113 e. The second kappa shape index (κ2) is 6.82. The number of furan rings is 1. The molecule has 0 bridgehead atoms. The van der Waals surface area contributed by atoms with Gasteiger partial charge in [-0.25, -0.2) is 0 Å². The second-order valence-corrected chi connectivity index (χ2v) is 5.28. The Labute approximate surface area is 112 Å². The molecule has 3 heteroatoms. The maximum absolute atomic E-state index is 5.31. The van der Waals surface area contributed by atoms with Gasteiger partial charge in [-0.15, -0.1) is 0 Å². The fourth-order valence-corrected chi connectivity index (χ4v) is 3.27. The summed E-state index contributed by atoms with van der Waals surface area (Å²) < 4.78 is 5.31. The van der Waals surface area contributed by atoms with Crippen LogP contribution in [0.25, 0.3) is 0 Å². The highest BCUT2D eigenvalue weighted by Crippen LogP contribution is 2.24. The van der Waals surface area contributed by atoms with Crippen molar-refractivity contribution in [2.75, 3.05) is 11.5 Å². The van der Waals surface area contributed by atoms with Gasteiger partial charge in [0.1, 0.15) is 5.76 Å². The van der Waals surface area contributed by atoms with Gasteiger partial charge in [0.2, 0.25) is 0 Å². The van der Waals surface area contributed by atoms with Crippen molar-refractivity contribution in [3.05, 3.63) is 60.1 Å². The summed E-state index contributed by atoms with van der Waals surface area (Å²) in [5.74, 6) is 4.45. The summed E-state index contributed by atoms with van der Waals surface area (Å²) in [6, 6.07) is 14.5. The van der Waals surface area contributed by atoms with E-state index in [9.17, 15) is 0 Å². The summed E-state index contributed by atoms with van der Waals surface area (Å²) in [5.41, 5.74) is 1.37. The first-order valence-electron chi connectivity index (χ1n) is 5.66. The van der Waals surface area contributed by atoms with Crippen molar-refractivity contribution >= 4 is 24.4 Å². The van der Waals surface area contributed by atoms with E-state index in [1.165, 1.54) is 5.56 Å². The van der Waals surface area contributed by atoms with E-state index >= 15 is 0 Å². The van der Waals surface area contributed by atoms with Crippen LogP contribution in [-0.2, 0) is 5.75 Å². The lowest BCUT2D eigenvalue weighted by Gasteiger charge is -2.13. The van der Waals surface area contributed by atoms with Crippen LogP contribution in [-0.4, -0.2) is 11.5 Å². The highest BCUT2D eigenvalue weighted by molar-refractivity contribution is 7.98. The maximum atomic E-state index is 5.31. The average Bonchev–Trinajstić information content (AvgIpc) is 2.89. The molecule has 0 aliphatic rings. The van der Waals surface area contributed by atoms with Gasteiger partial charge in [0.05, 0.1) is 12.0 Å². The molecule has 1 unspecified atom stereocenters. The Bertz CT molecular complexity index is 411. The predicted molar refractivity (Wildman–Crippen MR) is 77.9 cm³/mol. The summed E-state index contributed by atoms with van der Waals surface area (Å²) in [4.78, 5) is 0. The molecule has 90 valence electrons. The predicted octanol–water partition coefficient (Wildman–Crippen LogP) is 4.23. The van der Waals surface area contributed by atoms with Crippen LogP contribution in [0, 0.1) is 0 Å². The lowest BCUT2D eigenvalue weighted by atomic mass is 10.0. The highest BCUT2D eigenvalue weighted by atomic mass is 32.2. The Morgan fingerprint density at radius 3 is 2.59 bits per heavy atom. The Balaban J connectivity index is 1.84. The van der Waals surface area contributed by atoms with E-state index in [1.54, 1.807) is 6.26 Å². The fourth-order valence-electron chi connectivity index (χ4n) is 1.68. The molecule has 0 N–H and O–H groups in total. The first-order valence-corrected chi connectivity index (χ1v) is 7.45. The standard InChI is InChI=1S/C14H16OS2/c16-9-13(12-5-2-1-3-6-12)10-17-11-14-7-4-8-15-14/h1-8,13,16H,9-11H2. The molecule has 0 aliphatic heterocycles. The van der Waals surface area contributed by atoms with Crippen molar-refractivity contribution in [1.29, 1.82) is 0 Å². The van der Waals surface area contributed by atoms with E-state index in [1.807, 2.05) is 23.9 Å². The van der Waals surface area contributed by atoms with E-state index in [4.69, 9.17) is 4.42 Å². The molecule has 0 fully saturated rings. The quantitative estimate of drug-likeness (QED) is 0.784. The summed E-state index contributed by atoms with van der Waals surface area (Å²) in [7, 11) is 0. The van der Waals surface area contributed by atoms with Crippen molar-refractivity contribution in [3.8, 4) is 0 Å². The van der Waals surface area contributed by atoms with Crippen molar-refractivity contribution < 1.29 is 4.42 Å². The molecule has 1 aromatic carbocycles. The van der Waals surface area contributed by atoms with E-state index in [0.717, 1.165) is 23.0 Å². The SMILES string of the molecule is SCC(CSCc1ccco1)c1ccccc1. The van der Waals surface area contributed by atoms with E-state index in [0.29, 0.717) is 5.92 Å². The van der Waals surface area contributed by atoms with Crippen LogP contribution in [0.3, 0.4) is 0 Å². The third-order valence-corrected chi connectivity index (χ3v) is 4.20. The molecule has 2 aromatic rings. The van der Waals surface area contributed by atoms with Gasteiger partial charge in [-0.1, -0.05) is 30.3 Å². The van der Waals surface area contributed by atoms with Crippen LogP contribution < -0.4 is 0 Å². The molecule has 0 amide bonds. The van der Waals surface area contributed by atoms with Crippen molar-refractivity contribution in [1.82, 2.24) is 0 Å². The van der Waals surface area contributed by atoms with Crippen molar-refractivity contribution in [3.63, 3.8) is 0 Å². The zero-order chi connectivity index (χ0) is 11.9. The topological polar surface area (TPSA) is 13.1 Å². The summed E-state index contributed by atoms with van der Waals surface area (Å²) >= 11 is 6.33. The van der Waals surface area contributed by atoms with E-state index in [2.05, 4.69) is 43.0 Å². The van der Waals surface area contributed by atoms with Gasteiger partial charge in [-0.2, -0.15) is 24.4 Å². The van der Waals surface area contributed by atoms with E-state index < -0.39 is 0 Å². The highest BCUT2D eigenvalue weighted by Gasteiger charge is 2.09. The van der Waals surface area contributed by atoms with Crippen LogP contribution in [0.2, 0.25) is 0 Å². The Hall–Kier alpha value is -0.800. The van der Waals surface area contributed by atoms with Crippen LogP contribution >= 0.6 is 24.4 Å². The number of benzene rings is 1. The zero-order valence-electron chi connectivity index (χ0n) is 9.58. The first-order chi connectivity index (χ1) is 8.40. The third-order valence-electron chi connectivity index (χ3n) is 2.63. The average molecular weight is 264 g/mol. The zero-order valence-corrected chi connectivity index (χ0v) is 11.3. The smallest absolute Gasteiger partial charge is 0.113 e. The normalized spacial score (nSPS) is 12.5. The number of hydrogen-bond donors (Lipinski definition) is 1. The van der Waals surface area contributed by atoms with Gasteiger partial charge in [0, 0.05) is 11.7 Å². The molecule has 1 nitrogen and oxygen atoms in total. The second-order valence-electron chi connectivity index (χ2n) is 3.88. The first kappa shape index (κ1) is 12.7. The van der Waals surface area contributed by atoms with Gasteiger partial charge >= 0.3 is 0 Å². The van der Waals surface area contributed by atoms with Crippen LogP contribution in [0.15, 0.2) is 53.1 Å². The van der Waals surface area contributed by atoms with Crippen molar-refractivity contribution in [2.45, 2.75) is 11.7 Å². The molecule has 0 aliphatic carbocycles. The van der Waals surface area contributed by atoms with Gasteiger partial charge < -0.3 is 4.42 Å². The molecule has 17 heavy (non-hydrogen) atoms. The molecule has 1 heterocycles. The summed E-state index contributed by atoms with van der Waals surface area (Å²) in [5, 5.41) is 0. The lowest BCUT2D eigenvalue weighted by Crippen LogP contribution is -2.03.